The lowest BCUT2D eigenvalue weighted by atomic mass is 9.90. The molecule has 1 aromatic rings. The second-order valence-corrected chi connectivity index (χ2v) is 5.51. The second kappa shape index (κ2) is 6.00. The number of benzene rings is 1. The zero-order valence-corrected chi connectivity index (χ0v) is 11.5. The Morgan fingerprint density at radius 3 is 2.94 bits per heavy atom. The molecule has 1 aromatic carbocycles. The average Bonchev–Trinajstić information content (AvgIpc) is 2.36. The normalized spacial score (nSPS) is 25.3. The first kappa shape index (κ1) is 13.8. The maximum absolute atomic E-state index is 13.1. The summed E-state index contributed by atoms with van der Waals surface area (Å²) in [5.74, 6) is 0.210. The largest absolute Gasteiger partial charge is 0.327 e. The molecule has 0 aromatic heterocycles. The standard InChI is InChI=1S/C14H20ClFN2/c1-2-11-9-18(6-5-14(11)17)8-10-3-4-13(16)12(15)7-10/h3-4,7,11,14H,2,5-6,8-9,17H2,1H3. The van der Waals surface area contributed by atoms with Crippen molar-refractivity contribution in [1.82, 2.24) is 4.90 Å². The Balaban J connectivity index is 1.99. The fraction of sp³-hybridized carbons (Fsp3) is 0.571. The number of hydrogen-bond acceptors (Lipinski definition) is 2. The average molecular weight is 271 g/mol. The summed E-state index contributed by atoms with van der Waals surface area (Å²) in [6.07, 6.45) is 2.15. The van der Waals surface area contributed by atoms with Gasteiger partial charge in [-0.3, -0.25) is 4.90 Å². The number of hydrogen-bond donors (Lipinski definition) is 1. The first-order valence-electron chi connectivity index (χ1n) is 6.52. The van der Waals surface area contributed by atoms with Crippen LogP contribution in [0.15, 0.2) is 18.2 Å². The Bertz CT molecular complexity index is 411. The summed E-state index contributed by atoms with van der Waals surface area (Å²) in [4.78, 5) is 2.38. The third-order valence-corrected chi connectivity index (χ3v) is 4.08. The first-order chi connectivity index (χ1) is 8.60. The third kappa shape index (κ3) is 3.22. The van der Waals surface area contributed by atoms with Crippen molar-refractivity contribution >= 4 is 11.6 Å². The van der Waals surface area contributed by atoms with E-state index in [1.54, 1.807) is 12.1 Å². The van der Waals surface area contributed by atoms with Crippen molar-refractivity contribution in [3.8, 4) is 0 Å². The van der Waals surface area contributed by atoms with E-state index in [9.17, 15) is 4.39 Å². The van der Waals surface area contributed by atoms with E-state index in [-0.39, 0.29) is 10.8 Å². The number of piperidine rings is 1. The molecule has 4 heteroatoms. The van der Waals surface area contributed by atoms with Crippen molar-refractivity contribution < 1.29 is 4.39 Å². The highest BCUT2D eigenvalue weighted by molar-refractivity contribution is 6.30. The zero-order chi connectivity index (χ0) is 13.1. The molecular weight excluding hydrogens is 251 g/mol. The van der Waals surface area contributed by atoms with Crippen LogP contribution in [0.2, 0.25) is 5.02 Å². The lowest BCUT2D eigenvalue weighted by molar-refractivity contribution is 0.145. The molecule has 1 aliphatic heterocycles. The van der Waals surface area contributed by atoms with Gasteiger partial charge in [0, 0.05) is 19.1 Å². The summed E-state index contributed by atoms with van der Waals surface area (Å²) < 4.78 is 13.1. The molecule has 0 radical (unpaired) electrons. The van der Waals surface area contributed by atoms with Crippen LogP contribution in [-0.4, -0.2) is 24.0 Å². The molecule has 2 atom stereocenters. The summed E-state index contributed by atoms with van der Waals surface area (Å²) in [5.41, 5.74) is 7.15. The van der Waals surface area contributed by atoms with Crippen LogP contribution in [0.1, 0.15) is 25.3 Å². The van der Waals surface area contributed by atoms with Crippen LogP contribution in [-0.2, 0) is 6.54 Å². The highest BCUT2D eigenvalue weighted by Gasteiger charge is 2.25. The molecule has 0 saturated carbocycles. The Labute approximate surface area is 113 Å². The maximum atomic E-state index is 13.1. The maximum Gasteiger partial charge on any atom is 0.141 e. The van der Waals surface area contributed by atoms with E-state index >= 15 is 0 Å². The monoisotopic (exact) mass is 270 g/mol. The topological polar surface area (TPSA) is 29.3 Å². The molecular formula is C14H20ClFN2. The summed E-state index contributed by atoms with van der Waals surface area (Å²) >= 11 is 5.80. The van der Waals surface area contributed by atoms with Gasteiger partial charge in [-0.2, -0.15) is 0 Å². The zero-order valence-electron chi connectivity index (χ0n) is 10.7. The van der Waals surface area contributed by atoms with Gasteiger partial charge in [-0.25, -0.2) is 4.39 Å². The van der Waals surface area contributed by atoms with Crippen LogP contribution in [0, 0.1) is 11.7 Å². The molecule has 2 unspecified atom stereocenters. The van der Waals surface area contributed by atoms with Gasteiger partial charge < -0.3 is 5.73 Å². The van der Waals surface area contributed by atoms with Crippen molar-refractivity contribution in [2.45, 2.75) is 32.4 Å². The molecule has 2 nitrogen and oxygen atoms in total. The van der Waals surface area contributed by atoms with Crippen molar-refractivity contribution in [3.63, 3.8) is 0 Å². The predicted molar refractivity (Wildman–Crippen MR) is 73.1 cm³/mol. The van der Waals surface area contributed by atoms with Gasteiger partial charge in [0.2, 0.25) is 0 Å². The van der Waals surface area contributed by atoms with Crippen molar-refractivity contribution in [2.75, 3.05) is 13.1 Å². The number of nitrogens with zero attached hydrogens (tertiary/aromatic N) is 1. The molecule has 0 bridgehead atoms. The molecule has 1 fully saturated rings. The third-order valence-electron chi connectivity index (χ3n) is 3.79. The van der Waals surface area contributed by atoms with Gasteiger partial charge >= 0.3 is 0 Å². The van der Waals surface area contributed by atoms with E-state index < -0.39 is 0 Å². The van der Waals surface area contributed by atoms with E-state index in [1.807, 2.05) is 0 Å². The minimum Gasteiger partial charge on any atom is -0.327 e. The van der Waals surface area contributed by atoms with E-state index in [4.69, 9.17) is 17.3 Å². The first-order valence-corrected chi connectivity index (χ1v) is 6.89. The minimum atomic E-state index is -0.354. The molecule has 2 N–H and O–H groups in total. The van der Waals surface area contributed by atoms with E-state index in [1.165, 1.54) is 6.07 Å². The van der Waals surface area contributed by atoms with Gasteiger partial charge in [0.25, 0.3) is 0 Å². The Hall–Kier alpha value is -0.640. The van der Waals surface area contributed by atoms with Crippen LogP contribution in [0.4, 0.5) is 4.39 Å². The van der Waals surface area contributed by atoms with Crippen LogP contribution in [0.5, 0.6) is 0 Å². The van der Waals surface area contributed by atoms with Crippen LogP contribution >= 0.6 is 11.6 Å². The fourth-order valence-electron chi connectivity index (χ4n) is 2.60. The highest BCUT2D eigenvalue weighted by atomic mass is 35.5. The molecule has 0 amide bonds. The summed E-state index contributed by atoms with van der Waals surface area (Å²) in [7, 11) is 0. The number of halogens is 2. The van der Waals surface area contributed by atoms with E-state index in [0.717, 1.165) is 38.0 Å². The predicted octanol–water partition coefficient (Wildman–Crippen LogP) is 3.04. The summed E-state index contributed by atoms with van der Waals surface area (Å²) in [5, 5.41) is 0.202. The van der Waals surface area contributed by atoms with Crippen LogP contribution in [0.3, 0.4) is 0 Å². The molecule has 1 aliphatic rings. The van der Waals surface area contributed by atoms with Gasteiger partial charge in [0.15, 0.2) is 0 Å². The highest BCUT2D eigenvalue weighted by Crippen LogP contribution is 2.22. The van der Waals surface area contributed by atoms with E-state index in [0.29, 0.717) is 12.0 Å². The number of rotatable bonds is 3. The lowest BCUT2D eigenvalue weighted by Crippen LogP contribution is -2.46. The molecule has 100 valence electrons. The van der Waals surface area contributed by atoms with Crippen LogP contribution < -0.4 is 5.73 Å². The molecule has 0 aliphatic carbocycles. The van der Waals surface area contributed by atoms with Crippen molar-refractivity contribution in [3.05, 3.63) is 34.6 Å². The summed E-state index contributed by atoms with van der Waals surface area (Å²) in [6.45, 7) is 5.03. The second-order valence-electron chi connectivity index (χ2n) is 5.10. The van der Waals surface area contributed by atoms with Gasteiger partial charge in [-0.05, 0) is 36.6 Å². The Morgan fingerprint density at radius 2 is 2.28 bits per heavy atom. The summed E-state index contributed by atoms with van der Waals surface area (Å²) in [6, 6.07) is 5.27. The molecule has 0 spiro atoms. The van der Waals surface area contributed by atoms with Crippen molar-refractivity contribution in [1.29, 1.82) is 0 Å². The Morgan fingerprint density at radius 1 is 1.50 bits per heavy atom. The van der Waals surface area contributed by atoms with Crippen LogP contribution in [0.25, 0.3) is 0 Å². The quantitative estimate of drug-likeness (QED) is 0.915. The molecule has 1 heterocycles. The Kier molecular flexibility index (Phi) is 4.60. The van der Waals surface area contributed by atoms with Gasteiger partial charge in [0.05, 0.1) is 5.02 Å². The van der Waals surface area contributed by atoms with Gasteiger partial charge in [0.1, 0.15) is 5.82 Å². The molecule has 18 heavy (non-hydrogen) atoms. The minimum absolute atomic E-state index is 0.202. The van der Waals surface area contributed by atoms with Gasteiger partial charge in [-0.1, -0.05) is 31.0 Å². The number of likely N-dealkylation sites (tertiary alicyclic amines) is 1. The smallest absolute Gasteiger partial charge is 0.141 e. The van der Waals surface area contributed by atoms with Crippen molar-refractivity contribution in [2.24, 2.45) is 11.7 Å². The lowest BCUT2D eigenvalue weighted by Gasteiger charge is -2.36. The fourth-order valence-corrected chi connectivity index (χ4v) is 2.80. The number of nitrogens with two attached hydrogens (primary N) is 1. The van der Waals surface area contributed by atoms with Gasteiger partial charge in [-0.15, -0.1) is 0 Å². The SMILES string of the molecule is CCC1CN(Cc2ccc(F)c(Cl)c2)CCC1N. The molecule has 2 rings (SSSR count). The van der Waals surface area contributed by atoms with E-state index in [2.05, 4.69) is 11.8 Å². The molecule has 1 saturated heterocycles.